The van der Waals surface area contributed by atoms with Gasteiger partial charge < -0.3 is 16.0 Å². The van der Waals surface area contributed by atoms with Crippen LogP contribution in [0.2, 0.25) is 10.0 Å². The topological polar surface area (TPSA) is 104 Å². The van der Waals surface area contributed by atoms with E-state index in [-0.39, 0.29) is 22.4 Å². The zero-order chi connectivity index (χ0) is 19.5. The van der Waals surface area contributed by atoms with E-state index in [1.807, 2.05) is 0 Å². The Kier molecular flexibility index (Phi) is 6.76. The summed E-state index contributed by atoms with van der Waals surface area (Å²) in [6, 6.07) is 2.82. The number of nitrogens with one attached hydrogen (secondary N) is 3. The van der Waals surface area contributed by atoms with Gasteiger partial charge in [0.15, 0.2) is 9.84 Å². The van der Waals surface area contributed by atoms with E-state index >= 15 is 0 Å². The Balaban J connectivity index is 1.99. The molecule has 1 unspecified atom stereocenters. The predicted molar refractivity (Wildman–Crippen MR) is 102 cm³/mol. The molecule has 0 aromatic heterocycles. The van der Waals surface area contributed by atoms with Crippen LogP contribution >= 0.6 is 23.2 Å². The minimum absolute atomic E-state index is 0.0567. The van der Waals surface area contributed by atoms with Crippen molar-refractivity contribution in [2.45, 2.75) is 32.4 Å². The third kappa shape index (κ3) is 5.75. The van der Waals surface area contributed by atoms with Gasteiger partial charge in [0.2, 0.25) is 5.91 Å². The highest BCUT2D eigenvalue weighted by molar-refractivity contribution is 7.91. The number of benzene rings is 1. The zero-order valence-electron chi connectivity index (χ0n) is 14.4. The minimum Gasteiger partial charge on any atom is -0.334 e. The first-order chi connectivity index (χ1) is 12.1. The van der Waals surface area contributed by atoms with Crippen molar-refractivity contribution in [3.8, 4) is 0 Å². The van der Waals surface area contributed by atoms with Crippen LogP contribution in [-0.4, -0.2) is 43.9 Å². The Bertz CT molecular complexity index is 799. The molecular formula is C16H21Cl2N3O4S. The number of hydrogen-bond acceptors (Lipinski definition) is 4. The second kappa shape index (κ2) is 8.45. The van der Waals surface area contributed by atoms with Crippen LogP contribution < -0.4 is 16.0 Å². The SMILES string of the molecule is CC(C)[C@@H](NC(=O)NC1CCS(=O)(=O)C1)C(=O)Nc1ccc(Cl)cc1Cl. The number of halogens is 2. The van der Waals surface area contributed by atoms with Crippen LogP contribution in [0.15, 0.2) is 18.2 Å². The molecule has 26 heavy (non-hydrogen) atoms. The summed E-state index contributed by atoms with van der Waals surface area (Å²) in [6.07, 6.45) is 0.370. The number of amides is 3. The fourth-order valence-corrected chi connectivity index (χ4v) is 4.74. The summed E-state index contributed by atoms with van der Waals surface area (Å²) in [6.45, 7) is 3.57. The number of anilines is 1. The monoisotopic (exact) mass is 421 g/mol. The molecule has 3 amide bonds. The fraction of sp³-hybridized carbons (Fsp3) is 0.500. The highest BCUT2D eigenvalue weighted by Crippen LogP contribution is 2.25. The largest absolute Gasteiger partial charge is 0.334 e. The molecule has 10 heteroatoms. The molecule has 2 atom stereocenters. The van der Waals surface area contributed by atoms with E-state index in [4.69, 9.17) is 23.2 Å². The molecule has 1 fully saturated rings. The molecule has 0 spiro atoms. The van der Waals surface area contributed by atoms with E-state index in [0.29, 0.717) is 17.1 Å². The maximum atomic E-state index is 12.5. The quantitative estimate of drug-likeness (QED) is 0.678. The molecule has 1 aliphatic rings. The fourth-order valence-electron chi connectivity index (χ4n) is 2.61. The molecule has 0 radical (unpaired) electrons. The average molecular weight is 422 g/mol. The van der Waals surface area contributed by atoms with Gasteiger partial charge in [-0.1, -0.05) is 37.0 Å². The van der Waals surface area contributed by atoms with Gasteiger partial charge >= 0.3 is 6.03 Å². The number of hydrogen-bond donors (Lipinski definition) is 3. The molecule has 3 N–H and O–H groups in total. The van der Waals surface area contributed by atoms with Crippen molar-refractivity contribution < 1.29 is 18.0 Å². The molecule has 0 aliphatic carbocycles. The lowest BCUT2D eigenvalue weighted by atomic mass is 10.0. The summed E-state index contributed by atoms with van der Waals surface area (Å²) < 4.78 is 22.9. The lowest BCUT2D eigenvalue weighted by molar-refractivity contribution is -0.118. The molecule has 2 rings (SSSR count). The maximum absolute atomic E-state index is 12.5. The summed E-state index contributed by atoms with van der Waals surface area (Å²) in [5, 5.41) is 8.59. The zero-order valence-corrected chi connectivity index (χ0v) is 16.7. The van der Waals surface area contributed by atoms with Crippen molar-refractivity contribution in [2.75, 3.05) is 16.8 Å². The summed E-state index contributed by atoms with van der Waals surface area (Å²) in [5.74, 6) is -0.655. The molecule has 144 valence electrons. The normalized spacial score (nSPS) is 19.8. The molecule has 0 bridgehead atoms. The highest BCUT2D eigenvalue weighted by Gasteiger charge is 2.31. The lowest BCUT2D eigenvalue weighted by Crippen LogP contribution is -2.52. The van der Waals surface area contributed by atoms with Gasteiger partial charge in [0, 0.05) is 11.1 Å². The van der Waals surface area contributed by atoms with Crippen molar-refractivity contribution in [1.29, 1.82) is 0 Å². The Labute approximate surface area is 162 Å². The van der Waals surface area contributed by atoms with Crippen molar-refractivity contribution in [2.24, 2.45) is 5.92 Å². The van der Waals surface area contributed by atoms with E-state index in [1.165, 1.54) is 6.07 Å². The smallest absolute Gasteiger partial charge is 0.315 e. The summed E-state index contributed by atoms with van der Waals surface area (Å²) >= 11 is 11.9. The van der Waals surface area contributed by atoms with Gasteiger partial charge in [0.1, 0.15) is 6.04 Å². The van der Waals surface area contributed by atoms with Crippen LogP contribution in [0.5, 0.6) is 0 Å². The summed E-state index contributed by atoms with van der Waals surface area (Å²) in [7, 11) is -3.10. The summed E-state index contributed by atoms with van der Waals surface area (Å²) in [4.78, 5) is 24.7. The molecule has 7 nitrogen and oxygen atoms in total. The Morgan fingerprint density at radius 1 is 1.23 bits per heavy atom. The van der Waals surface area contributed by atoms with E-state index in [2.05, 4.69) is 16.0 Å². The van der Waals surface area contributed by atoms with Crippen molar-refractivity contribution in [3.63, 3.8) is 0 Å². The van der Waals surface area contributed by atoms with Crippen LogP contribution in [0, 0.1) is 5.92 Å². The molecule has 1 heterocycles. The van der Waals surface area contributed by atoms with Crippen LogP contribution in [0.4, 0.5) is 10.5 Å². The van der Waals surface area contributed by atoms with Gasteiger partial charge in [0.25, 0.3) is 0 Å². The average Bonchev–Trinajstić information content (AvgIpc) is 2.86. The van der Waals surface area contributed by atoms with Gasteiger partial charge in [-0.3, -0.25) is 4.79 Å². The summed E-state index contributed by atoms with van der Waals surface area (Å²) in [5.41, 5.74) is 0.385. The maximum Gasteiger partial charge on any atom is 0.315 e. The van der Waals surface area contributed by atoms with Crippen molar-refractivity contribution in [3.05, 3.63) is 28.2 Å². The van der Waals surface area contributed by atoms with Crippen LogP contribution in [0.1, 0.15) is 20.3 Å². The highest BCUT2D eigenvalue weighted by atomic mass is 35.5. The Morgan fingerprint density at radius 2 is 1.92 bits per heavy atom. The van der Waals surface area contributed by atoms with E-state index in [1.54, 1.807) is 26.0 Å². The van der Waals surface area contributed by atoms with Crippen LogP contribution in [0.25, 0.3) is 0 Å². The first-order valence-corrected chi connectivity index (χ1v) is 10.7. The number of carbonyl (C=O) groups excluding carboxylic acids is 2. The van der Waals surface area contributed by atoms with E-state index < -0.39 is 33.9 Å². The van der Waals surface area contributed by atoms with Gasteiger partial charge in [-0.05, 0) is 30.5 Å². The number of carbonyl (C=O) groups is 2. The van der Waals surface area contributed by atoms with Gasteiger partial charge in [-0.2, -0.15) is 0 Å². The molecule has 1 aromatic rings. The standard InChI is InChI=1S/C16H21Cl2N3O4S/c1-9(2)14(15(22)20-13-4-3-10(17)7-12(13)18)21-16(23)19-11-5-6-26(24,25)8-11/h3-4,7,9,11,14H,5-6,8H2,1-2H3,(H,20,22)(H2,19,21,23)/t11?,14-/m1/s1. The van der Waals surface area contributed by atoms with Crippen molar-refractivity contribution >= 4 is 50.7 Å². The van der Waals surface area contributed by atoms with E-state index in [9.17, 15) is 18.0 Å². The number of rotatable bonds is 5. The second-order valence-electron chi connectivity index (χ2n) is 6.55. The van der Waals surface area contributed by atoms with Gasteiger partial charge in [-0.25, -0.2) is 13.2 Å². The third-order valence-corrected chi connectivity index (χ3v) is 6.31. The molecule has 1 aromatic carbocycles. The first-order valence-electron chi connectivity index (χ1n) is 8.11. The van der Waals surface area contributed by atoms with Gasteiger partial charge in [0.05, 0.1) is 22.2 Å². The van der Waals surface area contributed by atoms with Crippen molar-refractivity contribution in [1.82, 2.24) is 10.6 Å². The molecule has 1 aliphatic heterocycles. The third-order valence-electron chi connectivity index (χ3n) is 3.99. The molecule has 0 saturated carbocycles. The Morgan fingerprint density at radius 3 is 2.46 bits per heavy atom. The van der Waals surface area contributed by atoms with Crippen LogP contribution in [0.3, 0.4) is 0 Å². The van der Waals surface area contributed by atoms with E-state index in [0.717, 1.165) is 0 Å². The molecular weight excluding hydrogens is 401 g/mol. The van der Waals surface area contributed by atoms with Gasteiger partial charge in [-0.15, -0.1) is 0 Å². The number of urea groups is 1. The predicted octanol–water partition coefficient (Wildman–Crippen LogP) is 2.44. The minimum atomic E-state index is -3.10. The lowest BCUT2D eigenvalue weighted by Gasteiger charge is -2.23. The second-order valence-corrected chi connectivity index (χ2v) is 9.63. The molecule has 1 saturated heterocycles. The first kappa shape index (κ1) is 20.8. The Hall–Kier alpha value is -1.51. The number of sulfone groups is 1. The van der Waals surface area contributed by atoms with Crippen LogP contribution in [-0.2, 0) is 14.6 Å².